The van der Waals surface area contributed by atoms with Gasteiger partial charge < -0.3 is 9.84 Å². The quantitative estimate of drug-likeness (QED) is 0.666. The van der Waals surface area contributed by atoms with Crippen LogP contribution >= 0.6 is 11.6 Å². The van der Waals surface area contributed by atoms with E-state index in [2.05, 4.69) is 6.92 Å². The van der Waals surface area contributed by atoms with Crippen LogP contribution in [0, 0.1) is 6.92 Å². The Kier molecular flexibility index (Phi) is 9.49. The smallest absolute Gasteiger partial charge is 0.482 e. The Labute approximate surface area is 135 Å². The summed E-state index contributed by atoms with van der Waals surface area (Å²) in [4.78, 5) is 10.1. The van der Waals surface area contributed by atoms with E-state index in [9.17, 15) is 4.79 Å². The maximum Gasteiger partial charge on any atom is 1.00 e. The second-order valence-corrected chi connectivity index (χ2v) is 4.06. The van der Waals surface area contributed by atoms with Crippen molar-refractivity contribution in [3.8, 4) is 5.75 Å². The standard InChI is InChI=1S/C8H7ClO3.C7H7.Li/c9-6-1-3-7(4-2-6)12-5-8(10)11;1-7-5-3-2-4-6-7;/h1-4H,5H2,(H,10,11);2-6H,1H2;/q;-1;+1. The summed E-state index contributed by atoms with van der Waals surface area (Å²) in [6.07, 6.45) is 0. The fourth-order valence-corrected chi connectivity index (χ4v) is 1.28. The number of halogens is 1. The second-order valence-electron chi connectivity index (χ2n) is 3.62. The average Bonchev–Trinajstić information content (AvgIpc) is 2.40. The van der Waals surface area contributed by atoms with Crippen molar-refractivity contribution in [2.45, 2.75) is 0 Å². The van der Waals surface area contributed by atoms with Crippen molar-refractivity contribution < 1.29 is 33.5 Å². The zero-order chi connectivity index (χ0) is 14.1. The third-order valence-electron chi connectivity index (χ3n) is 2.02. The number of carboxylic acid groups (broad SMARTS) is 1. The number of rotatable bonds is 3. The topological polar surface area (TPSA) is 46.5 Å². The first-order valence-corrected chi connectivity index (χ1v) is 5.93. The van der Waals surface area contributed by atoms with Crippen LogP contribution in [-0.4, -0.2) is 17.7 Å². The van der Waals surface area contributed by atoms with E-state index >= 15 is 0 Å². The molecule has 0 saturated carbocycles. The molecule has 0 atom stereocenters. The van der Waals surface area contributed by atoms with Crippen LogP contribution in [-0.2, 0) is 4.79 Å². The minimum Gasteiger partial charge on any atom is -0.482 e. The molecule has 100 valence electrons. The largest absolute Gasteiger partial charge is 1.00 e. The van der Waals surface area contributed by atoms with Crippen molar-refractivity contribution in [1.82, 2.24) is 0 Å². The molecular formula is C15H14ClLiO3. The Morgan fingerprint density at radius 1 is 1.10 bits per heavy atom. The molecule has 3 nitrogen and oxygen atoms in total. The Hall–Kier alpha value is -1.53. The number of ether oxygens (including phenoxy) is 1. The van der Waals surface area contributed by atoms with Crippen molar-refractivity contribution in [3.63, 3.8) is 0 Å². The summed E-state index contributed by atoms with van der Waals surface area (Å²) < 4.78 is 4.86. The van der Waals surface area contributed by atoms with Crippen molar-refractivity contribution >= 4 is 17.6 Å². The summed E-state index contributed by atoms with van der Waals surface area (Å²) >= 11 is 5.60. The molecule has 0 aromatic heterocycles. The summed E-state index contributed by atoms with van der Waals surface area (Å²) in [5.74, 6) is -0.494. The van der Waals surface area contributed by atoms with Crippen LogP contribution in [0.1, 0.15) is 5.56 Å². The van der Waals surface area contributed by atoms with Gasteiger partial charge in [-0.25, -0.2) is 4.79 Å². The Bertz CT molecular complexity index is 500. The number of carboxylic acids is 1. The molecule has 0 bridgehead atoms. The first-order chi connectivity index (χ1) is 9.08. The molecule has 5 heteroatoms. The zero-order valence-corrected chi connectivity index (χ0v) is 12.0. The van der Waals surface area contributed by atoms with Crippen LogP contribution in [0.4, 0.5) is 0 Å². The molecular weight excluding hydrogens is 271 g/mol. The molecule has 0 spiro atoms. The molecule has 0 saturated heterocycles. The van der Waals surface area contributed by atoms with E-state index in [-0.39, 0.29) is 25.5 Å². The van der Waals surface area contributed by atoms with Gasteiger partial charge in [-0.2, -0.15) is 24.6 Å². The molecule has 1 N–H and O–H groups in total. The van der Waals surface area contributed by atoms with Crippen LogP contribution in [0.25, 0.3) is 0 Å². The van der Waals surface area contributed by atoms with Gasteiger partial charge in [-0.3, -0.25) is 0 Å². The van der Waals surface area contributed by atoms with Crippen LogP contribution in [0.15, 0.2) is 54.6 Å². The molecule has 0 amide bonds. The van der Waals surface area contributed by atoms with Gasteiger partial charge in [0.05, 0.1) is 0 Å². The third kappa shape index (κ3) is 8.55. The third-order valence-corrected chi connectivity index (χ3v) is 2.27. The number of carbonyl (C=O) groups is 1. The van der Waals surface area contributed by atoms with Crippen LogP contribution < -0.4 is 23.6 Å². The van der Waals surface area contributed by atoms with Gasteiger partial charge in [0, 0.05) is 5.02 Å². The first kappa shape index (κ1) is 18.5. The normalized spacial score (nSPS) is 8.65. The van der Waals surface area contributed by atoms with Gasteiger partial charge in [0.1, 0.15) is 5.75 Å². The SMILES string of the molecule is O=C(O)COc1ccc(Cl)cc1.[CH2-]c1ccccc1.[Li+]. The summed E-state index contributed by atoms with van der Waals surface area (Å²) in [5.41, 5.74) is 1.07. The molecule has 0 heterocycles. The number of aliphatic carboxylic acids is 1. The molecule has 0 radical (unpaired) electrons. The molecule has 20 heavy (non-hydrogen) atoms. The van der Waals surface area contributed by atoms with Gasteiger partial charge in [0.25, 0.3) is 0 Å². The molecule has 0 aliphatic rings. The number of hydrogen-bond acceptors (Lipinski definition) is 2. The van der Waals surface area contributed by atoms with Crippen LogP contribution in [0.2, 0.25) is 5.02 Å². The average molecular weight is 285 g/mol. The molecule has 2 rings (SSSR count). The Morgan fingerprint density at radius 2 is 1.65 bits per heavy atom. The predicted molar refractivity (Wildman–Crippen MR) is 75.5 cm³/mol. The van der Waals surface area contributed by atoms with Crippen molar-refractivity contribution in [2.24, 2.45) is 0 Å². The fourth-order valence-electron chi connectivity index (χ4n) is 1.15. The van der Waals surface area contributed by atoms with Crippen LogP contribution in [0.5, 0.6) is 5.75 Å². The predicted octanol–water partition coefficient (Wildman–Crippen LogP) is 0.676. The summed E-state index contributed by atoms with van der Waals surface area (Å²) in [5, 5.41) is 8.87. The first-order valence-electron chi connectivity index (χ1n) is 5.55. The number of benzene rings is 2. The molecule has 2 aromatic rings. The van der Waals surface area contributed by atoms with E-state index in [1.54, 1.807) is 24.3 Å². The van der Waals surface area contributed by atoms with Crippen LogP contribution in [0.3, 0.4) is 0 Å². The monoisotopic (exact) mass is 284 g/mol. The van der Waals surface area contributed by atoms with E-state index in [0.29, 0.717) is 10.8 Å². The molecule has 0 aliphatic heterocycles. The molecule has 0 fully saturated rings. The fraction of sp³-hybridized carbons (Fsp3) is 0.0667. The van der Waals surface area contributed by atoms with Gasteiger partial charge in [0.2, 0.25) is 0 Å². The maximum absolute atomic E-state index is 10.1. The minimum absolute atomic E-state index is 0. The number of hydrogen-bond donors (Lipinski definition) is 1. The zero-order valence-electron chi connectivity index (χ0n) is 11.3. The van der Waals surface area contributed by atoms with E-state index in [1.165, 1.54) is 0 Å². The summed E-state index contributed by atoms with van der Waals surface area (Å²) in [6, 6.07) is 16.4. The second kappa shape index (κ2) is 10.3. The van der Waals surface area contributed by atoms with E-state index < -0.39 is 5.97 Å². The Morgan fingerprint density at radius 3 is 2.05 bits per heavy atom. The van der Waals surface area contributed by atoms with E-state index in [0.717, 1.165) is 5.56 Å². The van der Waals surface area contributed by atoms with Gasteiger partial charge in [-0.15, -0.1) is 12.1 Å². The Balaban J connectivity index is 0.000000387. The van der Waals surface area contributed by atoms with Crippen molar-refractivity contribution in [2.75, 3.05) is 6.61 Å². The maximum atomic E-state index is 10.1. The van der Waals surface area contributed by atoms with Crippen molar-refractivity contribution in [3.05, 3.63) is 72.1 Å². The summed E-state index contributed by atoms with van der Waals surface area (Å²) in [7, 11) is 0. The minimum atomic E-state index is -0.995. The van der Waals surface area contributed by atoms with Gasteiger partial charge in [0.15, 0.2) is 6.61 Å². The van der Waals surface area contributed by atoms with Gasteiger partial charge in [-0.1, -0.05) is 17.7 Å². The summed E-state index contributed by atoms with van der Waals surface area (Å²) in [6.45, 7) is 3.39. The van der Waals surface area contributed by atoms with Gasteiger partial charge >= 0.3 is 24.8 Å². The van der Waals surface area contributed by atoms with Crippen molar-refractivity contribution in [1.29, 1.82) is 0 Å². The molecule has 2 aromatic carbocycles. The van der Waals surface area contributed by atoms with Gasteiger partial charge in [-0.05, 0) is 24.3 Å². The molecule has 0 aliphatic carbocycles. The molecule has 0 unspecified atom stereocenters. The van der Waals surface area contributed by atoms with E-state index in [1.807, 2.05) is 30.3 Å². The van der Waals surface area contributed by atoms with E-state index in [4.69, 9.17) is 21.4 Å².